The minimum atomic E-state index is -0.0837. The molecule has 1 aromatic carbocycles. The summed E-state index contributed by atoms with van der Waals surface area (Å²) < 4.78 is 0. The number of carbonyl (C=O) groups is 1. The lowest BCUT2D eigenvalue weighted by Gasteiger charge is -2.32. The van der Waals surface area contributed by atoms with Gasteiger partial charge < -0.3 is 15.3 Å². The monoisotopic (exact) mass is 234 g/mol. The maximum absolute atomic E-state index is 12.3. The summed E-state index contributed by atoms with van der Waals surface area (Å²) >= 11 is 0. The number of nitrogens with zero attached hydrogens (tertiary/aromatic N) is 1. The summed E-state index contributed by atoms with van der Waals surface area (Å²) in [6, 6.07) is 5.42. The molecule has 1 fully saturated rings. The van der Waals surface area contributed by atoms with Gasteiger partial charge in [0.2, 0.25) is 0 Å². The van der Waals surface area contributed by atoms with Crippen molar-refractivity contribution in [1.82, 2.24) is 10.2 Å². The molecule has 2 N–H and O–H groups in total. The number of nitrogens with one attached hydrogen (secondary N) is 1. The van der Waals surface area contributed by atoms with Gasteiger partial charge in [-0.2, -0.15) is 0 Å². The van der Waals surface area contributed by atoms with Gasteiger partial charge in [0.05, 0.1) is 5.56 Å². The summed E-state index contributed by atoms with van der Waals surface area (Å²) in [7, 11) is 0. The van der Waals surface area contributed by atoms with Crippen molar-refractivity contribution in [3.05, 3.63) is 29.3 Å². The molecule has 92 valence electrons. The zero-order chi connectivity index (χ0) is 12.4. The molecule has 0 spiro atoms. The van der Waals surface area contributed by atoms with Gasteiger partial charge in [0.25, 0.3) is 5.91 Å². The SMILES string of the molecule is Cc1ccc(O)c(C(=O)N2CCN[C@@H](C)C2)c1. The standard InChI is InChI=1S/C13H18N2O2/c1-9-3-4-12(16)11(7-9)13(17)15-6-5-14-10(2)8-15/h3-4,7,10,14,16H,5-6,8H2,1-2H3/t10-/m0/s1. The molecule has 0 aliphatic carbocycles. The van der Waals surface area contributed by atoms with Crippen LogP contribution in [0.4, 0.5) is 0 Å². The second-order valence-electron chi connectivity index (χ2n) is 4.63. The van der Waals surface area contributed by atoms with Crippen molar-refractivity contribution in [2.75, 3.05) is 19.6 Å². The quantitative estimate of drug-likeness (QED) is 0.766. The van der Waals surface area contributed by atoms with Crippen molar-refractivity contribution in [2.24, 2.45) is 0 Å². The summed E-state index contributed by atoms with van der Waals surface area (Å²) in [4.78, 5) is 14.0. The Balaban J connectivity index is 2.21. The number of hydrogen-bond acceptors (Lipinski definition) is 3. The molecule has 0 bridgehead atoms. The molecule has 0 unspecified atom stereocenters. The van der Waals surface area contributed by atoms with Gasteiger partial charge in [-0.25, -0.2) is 0 Å². The Kier molecular flexibility index (Phi) is 3.33. The lowest BCUT2D eigenvalue weighted by molar-refractivity contribution is 0.0706. The van der Waals surface area contributed by atoms with E-state index in [1.807, 2.05) is 6.92 Å². The van der Waals surface area contributed by atoms with Crippen molar-refractivity contribution < 1.29 is 9.90 Å². The Bertz CT molecular complexity index is 431. The van der Waals surface area contributed by atoms with Gasteiger partial charge in [-0.05, 0) is 26.0 Å². The summed E-state index contributed by atoms with van der Waals surface area (Å²) in [5, 5.41) is 13.0. The number of amides is 1. The maximum Gasteiger partial charge on any atom is 0.257 e. The number of phenols is 1. The summed E-state index contributed by atoms with van der Waals surface area (Å²) in [6.07, 6.45) is 0. The van der Waals surface area contributed by atoms with Crippen molar-refractivity contribution >= 4 is 5.91 Å². The minimum absolute atomic E-state index is 0.0618. The van der Waals surface area contributed by atoms with Gasteiger partial charge in [-0.3, -0.25) is 4.79 Å². The van der Waals surface area contributed by atoms with Crippen molar-refractivity contribution in [3.8, 4) is 5.75 Å². The lowest BCUT2D eigenvalue weighted by Crippen LogP contribution is -2.51. The normalized spacial score (nSPS) is 20.4. The Morgan fingerprint density at radius 3 is 3.00 bits per heavy atom. The minimum Gasteiger partial charge on any atom is -0.507 e. The van der Waals surface area contributed by atoms with E-state index in [0.717, 1.165) is 12.1 Å². The number of aryl methyl sites for hydroxylation is 1. The molecule has 0 radical (unpaired) electrons. The van der Waals surface area contributed by atoms with Crippen LogP contribution in [0.3, 0.4) is 0 Å². The van der Waals surface area contributed by atoms with E-state index in [4.69, 9.17) is 0 Å². The Hall–Kier alpha value is -1.55. The molecule has 1 aliphatic rings. The Labute approximate surface area is 101 Å². The number of piperazine rings is 1. The molecule has 0 saturated carbocycles. The number of rotatable bonds is 1. The molecule has 2 rings (SSSR count). The first-order valence-corrected chi connectivity index (χ1v) is 5.90. The highest BCUT2D eigenvalue weighted by molar-refractivity contribution is 5.97. The average Bonchev–Trinajstić information content (AvgIpc) is 2.31. The number of benzene rings is 1. The molecule has 4 heteroatoms. The van der Waals surface area contributed by atoms with E-state index >= 15 is 0 Å². The third-order valence-electron chi connectivity index (χ3n) is 3.04. The molecule has 0 aromatic heterocycles. The largest absolute Gasteiger partial charge is 0.507 e. The van der Waals surface area contributed by atoms with E-state index in [9.17, 15) is 9.90 Å². The van der Waals surface area contributed by atoms with Crippen molar-refractivity contribution in [1.29, 1.82) is 0 Å². The zero-order valence-corrected chi connectivity index (χ0v) is 10.2. The molecule has 1 aliphatic heterocycles. The first-order chi connectivity index (χ1) is 8.08. The van der Waals surface area contributed by atoms with Crippen LogP contribution in [0.5, 0.6) is 5.75 Å². The molecule has 17 heavy (non-hydrogen) atoms. The average molecular weight is 234 g/mol. The summed E-state index contributed by atoms with van der Waals surface area (Å²) in [6.45, 7) is 6.15. The predicted molar refractivity (Wildman–Crippen MR) is 66.2 cm³/mol. The fourth-order valence-corrected chi connectivity index (χ4v) is 2.11. The van der Waals surface area contributed by atoms with Crippen LogP contribution in [0.15, 0.2) is 18.2 Å². The summed E-state index contributed by atoms with van der Waals surface area (Å²) in [5.41, 5.74) is 1.38. The summed E-state index contributed by atoms with van der Waals surface area (Å²) in [5.74, 6) is -0.0219. The highest BCUT2D eigenvalue weighted by Crippen LogP contribution is 2.20. The lowest BCUT2D eigenvalue weighted by atomic mass is 10.1. The molecule has 1 saturated heterocycles. The topological polar surface area (TPSA) is 52.6 Å². The van der Waals surface area contributed by atoms with Crippen molar-refractivity contribution in [2.45, 2.75) is 19.9 Å². The molecule has 1 amide bonds. The molecule has 1 atom stereocenters. The van der Waals surface area contributed by atoms with Crippen LogP contribution >= 0.6 is 0 Å². The molecular formula is C13H18N2O2. The highest BCUT2D eigenvalue weighted by atomic mass is 16.3. The van der Waals surface area contributed by atoms with Crippen LogP contribution in [0.2, 0.25) is 0 Å². The van der Waals surface area contributed by atoms with Crippen LogP contribution in [0, 0.1) is 6.92 Å². The van der Waals surface area contributed by atoms with Crippen LogP contribution in [-0.2, 0) is 0 Å². The second kappa shape index (κ2) is 4.75. The fraction of sp³-hybridized carbons (Fsp3) is 0.462. The molecule has 4 nitrogen and oxygen atoms in total. The van der Waals surface area contributed by atoms with E-state index in [-0.39, 0.29) is 11.7 Å². The number of hydrogen-bond donors (Lipinski definition) is 2. The maximum atomic E-state index is 12.3. The van der Waals surface area contributed by atoms with Gasteiger partial charge in [0.15, 0.2) is 0 Å². The first kappa shape index (κ1) is 11.9. The van der Waals surface area contributed by atoms with E-state index in [2.05, 4.69) is 12.2 Å². The third kappa shape index (κ3) is 2.58. The van der Waals surface area contributed by atoms with Gasteiger partial charge in [0, 0.05) is 25.7 Å². The van der Waals surface area contributed by atoms with E-state index in [0.29, 0.717) is 24.7 Å². The van der Waals surface area contributed by atoms with Crippen LogP contribution in [-0.4, -0.2) is 41.6 Å². The second-order valence-corrected chi connectivity index (χ2v) is 4.63. The fourth-order valence-electron chi connectivity index (χ4n) is 2.11. The first-order valence-electron chi connectivity index (χ1n) is 5.90. The molecular weight excluding hydrogens is 216 g/mol. The van der Waals surface area contributed by atoms with Crippen LogP contribution in [0.25, 0.3) is 0 Å². The Morgan fingerprint density at radius 1 is 1.53 bits per heavy atom. The van der Waals surface area contributed by atoms with Gasteiger partial charge in [0.1, 0.15) is 5.75 Å². The molecule has 1 heterocycles. The van der Waals surface area contributed by atoms with Crippen LogP contribution in [0.1, 0.15) is 22.8 Å². The van der Waals surface area contributed by atoms with Gasteiger partial charge in [-0.1, -0.05) is 11.6 Å². The van der Waals surface area contributed by atoms with E-state index in [1.54, 1.807) is 23.1 Å². The smallest absolute Gasteiger partial charge is 0.257 e. The number of phenolic OH excluding ortho intramolecular Hbond substituents is 1. The zero-order valence-electron chi connectivity index (χ0n) is 10.2. The predicted octanol–water partition coefficient (Wildman–Crippen LogP) is 1.13. The number of aromatic hydroxyl groups is 1. The van der Waals surface area contributed by atoms with Gasteiger partial charge in [-0.15, -0.1) is 0 Å². The Morgan fingerprint density at radius 2 is 2.29 bits per heavy atom. The van der Waals surface area contributed by atoms with E-state index < -0.39 is 0 Å². The van der Waals surface area contributed by atoms with E-state index in [1.165, 1.54) is 0 Å². The number of carbonyl (C=O) groups excluding carboxylic acids is 1. The highest BCUT2D eigenvalue weighted by Gasteiger charge is 2.23. The van der Waals surface area contributed by atoms with Crippen molar-refractivity contribution in [3.63, 3.8) is 0 Å². The third-order valence-corrected chi connectivity index (χ3v) is 3.04. The van der Waals surface area contributed by atoms with Crippen LogP contribution < -0.4 is 5.32 Å². The molecule has 1 aromatic rings. The van der Waals surface area contributed by atoms with Gasteiger partial charge >= 0.3 is 0 Å².